The van der Waals surface area contributed by atoms with Crippen LogP contribution < -0.4 is 10.2 Å². The van der Waals surface area contributed by atoms with Gasteiger partial charge in [0.05, 0.1) is 4.47 Å². The van der Waals surface area contributed by atoms with E-state index >= 15 is 0 Å². The minimum atomic E-state index is 0.584. The highest BCUT2D eigenvalue weighted by molar-refractivity contribution is 9.11. The molecule has 1 aromatic heterocycles. The summed E-state index contributed by atoms with van der Waals surface area (Å²) in [5.41, 5.74) is 0. The van der Waals surface area contributed by atoms with Gasteiger partial charge in [0.2, 0.25) is 0 Å². The Labute approximate surface area is 132 Å². The van der Waals surface area contributed by atoms with E-state index in [4.69, 9.17) is 0 Å². The van der Waals surface area contributed by atoms with Crippen LogP contribution in [0.4, 0.5) is 5.82 Å². The molecule has 1 aromatic rings. The molecule has 2 heterocycles. The van der Waals surface area contributed by atoms with Gasteiger partial charge in [-0.3, -0.25) is 0 Å². The van der Waals surface area contributed by atoms with E-state index in [-0.39, 0.29) is 0 Å². The highest BCUT2D eigenvalue weighted by atomic mass is 79.9. The molecule has 1 aliphatic heterocycles. The van der Waals surface area contributed by atoms with Crippen LogP contribution in [0, 0.1) is 5.92 Å². The molecule has 0 aliphatic carbocycles. The van der Waals surface area contributed by atoms with E-state index in [1.165, 1.54) is 12.8 Å². The van der Waals surface area contributed by atoms with Crippen LogP contribution in [0.1, 0.15) is 26.7 Å². The third kappa shape index (κ3) is 4.43. The molecule has 0 radical (unpaired) electrons. The molecule has 19 heavy (non-hydrogen) atoms. The standard InChI is InChI=1S/C14H21Br2N3/c1-10(2)17-8-11-3-5-19(6-4-11)14-13(16)7-12(15)9-18-14/h7,9-11,17H,3-6,8H2,1-2H3. The van der Waals surface area contributed by atoms with E-state index in [9.17, 15) is 0 Å². The predicted octanol–water partition coefficient (Wildman–Crippen LogP) is 3.82. The van der Waals surface area contributed by atoms with Gasteiger partial charge in [0.1, 0.15) is 5.82 Å². The van der Waals surface area contributed by atoms with Crippen LogP contribution in [0.25, 0.3) is 0 Å². The Morgan fingerprint density at radius 2 is 2.05 bits per heavy atom. The first-order chi connectivity index (χ1) is 9.06. The topological polar surface area (TPSA) is 28.2 Å². The zero-order chi connectivity index (χ0) is 13.8. The van der Waals surface area contributed by atoms with E-state index in [2.05, 4.69) is 67.0 Å². The summed E-state index contributed by atoms with van der Waals surface area (Å²) >= 11 is 7.05. The number of aromatic nitrogens is 1. The van der Waals surface area contributed by atoms with Crippen LogP contribution in [-0.4, -0.2) is 30.7 Å². The van der Waals surface area contributed by atoms with Gasteiger partial charge in [-0.05, 0) is 63.2 Å². The van der Waals surface area contributed by atoms with Gasteiger partial charge in [0, 0.05) is 29.8 Å². The second-order valence-electron chi connectivity index (χ2n) is 5.45. The Kier molecular flexibility index (Phi) is 5.66. The van der Waals surface area contributed by atoms with Gasteiger partial charge in [-0.25, -0.2) is 4.98 Å². The third-order valence-electron chi connectivity index (χ3n) is 3.52. The average Bonchev–Trinajstić information content (AvgIpc) is 2.37. The Balaban J connectivity index is 1.89. The molecule has 0 saturated carbocycles. The summed E-state index contributed by atoms with van der Waals surface area (Å²) in [5.74, 6) is 1.87. The number of hydrogen-bond donors (Lipinski definition) is 1. The number of halogens is 2. The second kappa shape index (κ2) is 7.04. The summed E-state index contributed by atoms with van der Waals surface area (Å²) in [6.07, 6.45) is 4.35. The van der Waals surface area contributed by atoms with Crippen molar-refractivity contribution in [1.82, 2.24) is 10.3 Å². The summed E-state index contributed by atoms with van der Waals surface area (Å²) in [6, 6.07) is 2.65. The molecule has 2 rings (SSSR count). The normalized spacial score (nSPS) is 17.2. The van der Waals surface area contributed by atoms with Crippen molar-refractivity contribution in [2.24, 2.45) is 5.92 Å². The van der Waals surface area contributed by atoms with Gasteiger partial charge in [-0.2, -0.15) is 0 Å². The summed E-state index contributed by atoms with van der Waals surface area (Å²) in [7, 11) is 0. The fourth-order valence-corrected chi connectivity index (χ4v) is 3.63. The van der Waals surface area contributed by atoms with Crippen molar-refractivity contribution in [3.05, 3.63) is 21.2 Å². The van der Waals surface area contributed by atoms with Crippen LogP contribution in [0.2, 0.25) is 0 Å². The zero-order valence-electron chi connectivity index (χ0n) is 11.5. The highest BCUT2D eigenvalue weighted by Gasteiger charge is 2.21. The first-order valence-corrected chi connectivity index (χ1v) is 8.44. The highest BCUT2D eigenvalue weighted by Crippen LogP contribution is 2.29. The van der Waals surface area contributed by atoms with E-state index in [0.717, 1.165) is 40.3 Å². The van der Waals surface area contributed by atoms with Crippen LogP contribution in [-0.2, 0) is 0 Å². The second-order valence-corrected chi connectivity index (χ2v) is 7.22. The molecule has 0 spiro atoms. The van der Waals surface area contributed by atoms with Crippen molar-refractivity contribution in [3.8, 4) is 0 Å². The van der Waals surface area contributed by atoms with E-state index in [0.29, 0.717) is 6.04 Å². The molecular weight excluding hydrogens is 370 g/mol. The lowest BCUT2D eigenvalue weighted by Gasteiger charge is -2.33. The fourth-order valence-electron chi connectivity index (χ4n) is 2.39. The summed E-state index contributed by atoms with van der Waals surface area (Å²) in [6.45, 7) is 7.74. The molecule has 3 nitrogen and oxygen atoms in total. The minimum absolute atomic E-state index is 0.584. The summed E-state index contributed by atoms with van der Waals surface area (Å²) in [5, 5.41) is 3.54. The minimum Gasteiger partial charge on any atom is -0.356 e. The van der Waals surface area contributed by atoms with Crippen molar-refractivity contribution >= 4 is 37.7 Å². The molecule has 0 unspecified atom stereocenters. The number of pyridine rings is 1. The molecule has 106 valence electrons. The molecule has 1 fully saturated rings. The average molecular weight is 391 g/mol. The van der Waals surface area contributed by atoms with E-state index in [1.807, 2.05) is 6.20 Å². The number of nitrogens with one attached hydrogen (secondary N) is 1. The molecular formula is C14H21Br2N3. The maximum Gasteiger partial charge on any atom is 0.142 e. The molecule has 0 atom stereocenters. The maximum absolute atomic E-state index is 4.52. The van der Waals surface area contributed by atoms with Gasteiger partial charge in [0.15, 0.2) is 0 Å². The summed E-state index contributed by atoms with van der Waals surface area (Å²) in [4.78, 5) is 6.89. The maximum atomic E-state index is 4.52. The molecule has 5 heteroatoms. The summed E-state index contributed by atoms with van der Waals surface area (Å²) < 4.78 is 2.08. The number of hydrogen-bond acceptors (Lipinski definition) is 3. The number of nitrogens with zero attached hydrogens (tertiary/aromatic N) is 2. The Bertz CT molecular complexity index is 415. The smallest absolute Gasteiger partial charge is 0.142 e. The molecule has 0 amide bonds. The zero-order valence-corrected chi connectivity index (χ0v) is 14.7. The molecule has 1 N–H and O–H groups in total. The fraction of sp³-hybridized carbons (Fsp3) is 0.643. The lowest BCUT2D eigenvalue weighted by atomic mass is 9.96. The van der Waals surface area contributed by atoms with Gasteiger partial charge in [-0.1, -0.05) is 13.8 Å². The van der Waals surface area contributed by atoms with E-state index in [1.54, 1.807) is 0 Å². The Morgan fingerprint density at radius 3 is 2.63 bits per heavy atom. The molecule has 1 saturated heterocycles. The number of piperidine rings is 1. The molecule has 1 aliphatic rings. The number of rotatable bonds is 4. The van der Waals surface area contributed by atoms with Gasteiger partial charge >= 0.3 is 0 Å². The van der Waals surface area contributed by atoms with Crippen molar-refractivity contribution < 1.29 is 0 Å². The predicted molar refractivity (Wildman–Crippen MR) is 87.7 cm³/mol. The third-order valence-corrected chi connectivity index (χ3v) is 4.53. The van der Waals surface area contributed by atoms with Crippen molar-refractivity contribution in [2.75, 3.05) is 24.5 Å². The van der Waals surface area contributed by atoms with Crippen molar-refractivity contribution in [3.63, 3.8) is 0 Å². The molecule has 0 bridgehead atoms. The van der Waals surface area contributed by atoms with Crippen LogP contribution in [0.3, 0.4) is 0 Å². The van der Waals surface area contributed by atoms with Crippen LogP contribution in [0.5, 0.6) is 0 Å². The Hall–Kier alpha value is -0.130. The monoisotopic (exact) mass is 389 g/mol. The van der Waals surface area contributed by atoms with Crippen LogP contribution >= 0.6 is 31.9 Å². The van der Waals surface area contributed by atoms with Gasteiger partial charge in [-0.15, -0.1) is 0 Å². The lowest BCUT2D eigenvalue weighted by Crippen LogP contribution is -2.39. The quantitative estimate of drug-likeness (QED) is 0.846. The first-order valence-electron chi connectivity index (χ1n) is 6.85. The van der Waals surface area contributed by atoms with Gasteiger partial charge in [0.25, 0.3) is 0 Å². The largest absolute Gasteiger partial charge is 0.356 e. The number of anilines is 1. The van der Waals surface area contributed by atoms with E-state index < -0.39 is 0 Å². The van der Waals surface area contributed by atoms with Crippen molar-refractivity contribution in [1.29, 1.82) is 0 Å². The van der Waals surface area contributed by atoms with Crippen LogP contribution in [0.15, 0.2) is 21.2 Å². The van der Waals surface area contributed by atoms with Gasteiger partial charge < -0.3 is 10.2 Å². The Morgan fingerprint density at radius 1 is 1.37 bits per heavy atom. The SMILES string of the molecule is CC(C)NCC1CCN(c2ncc(Br)cc2Br)CC1. The van der Waals surface area contributed by atoms with Crippen molar-refractivity contribution in [2.45, 2.75) is 32.7 Å². The lowest BCUT2D eigenvalue weighted by molar-refractivity contribution is 0.369. The molecule has 0 aromatic carbocycles. The first kappa shape index (κ1) is 15.3.